The molecule has 0 aliphatic carbocycles. The summed E-state index contributed by atoms with van der Waals surface area (Å²) in [6, 6.07) is 1.80. The Hall–Kier alpha value is -2.31. The molecule has 2 aromatic heterocycles. The fourth-order valence-corrected chi connectivity index (χ4v) is 1.70. The Morgan fingerprint density at radius 3 is 2.68 bits per heavy atom. The van der Waals surface area contributed by atoms with Crippen molar-refractivity contribution in [2.75, 3.05) is 11.1 Å². The first kappa shape index (κ1) is 13.1. The van der Waals surface area contributed by atoms with E-state index >= 15 is 0 Å². The highest BCUT2D eigenvalue weighted by Gasteiger charge is 2.17. The Bertz CT molecular complexity index is 583. The van der Waals surface area contributed by atoms with E-state index in [0.717, 1.165) is 11.4 Å². The van der Waals surface area contributed by atoms with E-state index in [0.29, 0.717) is 23.8 Å². The Kier molecular flexibility index (Phi) is 3.55. The highest BCUT2D eigenvalue weighted by atomic mass is 16.2. The Balaban J connectivity index is 2.13. The number of aromatic nitrogens is 4. The Morgan fingerprint density at radius 1 is 1.42 bits per heavy atom. The van der Waals surface area contributed by atoms with E-state index in [1.807, 2.05) is 20.8 Å². The molecule has 0 aliphatic rings. The second-order valence-electron chi connectivity index (χ2n) is 4.64. The van der Waals surface area contributed by atoms with Gasteiger partial charge in [0.1, 0.15) is 0 Å². The van der Waals surface area contributed by atoms with Crippen LogP contribution in [0.2, 0.25) is 0 Å². The highest BCUT2D eigenvalue weighted by molar-refractivity contribution is 6.06. The van der Waals surface area contributed by atoms with Crippen LogP contribution < -0.4 is 11.1 Å². The molecule has 19 heavy (non-hydrogen) atoms. The maximum absolute atomic E-state index is 12.0. The molecule has 0 fully saturated rings. The number of aromatic amines is 2. The first-order chi connectivity index (χ1) is 9.02. The average molecular weight is 262 g/mol. The number of nitrogens with two attached hydrogens (primary N) is 1. The molecule has 0 spiro atoms. The standard InChI is InChI=1S/C12H18N6O/c1-4-7-10(13)11(18-15-7)12(19)14-9-5-8(6(2)3)16-17-9/h5-6H,4,13H2,1-3H3,(H,15,18)(H2,14,16,17,19). The third-order valence-electron chi connectivity index (χ3n) is 2.91. The first-order valence-corrected chi connectivity index (χ1v) is 6.22. The number of H-pyrrole nitrogens is 2. The van der Waals surface area contributed by atoms with Crippen LogP contribution in [0.4, 0.5) is 11.5 Å². The summed E-state index contributed by atoms with van der Waals surface area (Å²) in [4.78, 5) is 12.0. The monoisotopic (exact) mass is 262 g/mol. The van der Waals surface area contributed by atoms with Crippen LogP contribution in [0.1, 0.15) is 48.6 Å². The topological polar surface area (TPSA) is 112 Å². The molecule has 102 valence electrons. The van der Waals surface area contributed by atoms with Crippen LogP contribution in [0.5, 0.6) is 0 Å². The molecule has 5 N–H and O–H groups in total. The fourth-order valence-electron chi connectivity index (χ4n) is 1.70. The Morgan fingerprint density at radius 2 is 2.16 bits per heavy atom. The molecule has 0 aromatic carbocycles. The van der Waals surface area contributed by atoms with Crippen molar-refractivity contribution in [2.24, 2.45) is 0 Å². The van der Waals surface area contributed by atoms with Gasteiger partial charge in [-0.25, -0.2) is 0 Å². The van der Waals surface area contributed by atoms with E-state index < -0.39 is 0 Å². The molecule has 2 rings (SSSR count). The second-order valence-corrected chi connectivity index (χ2v) is 4.64. The van der Waals surface area contributed by atoms with Crippen LogP contribution in [0.25, 0.3) is 0 Å². The molecule has 7 nitrogen and oxygen atoms in total. The van der Waals surface area contributed by atoms with Crippen LogP contribution in [0.3, 0.4) is 0 Å². The van der Waals surface area contributed by atoms with Crippen LogP contribution in [-0.4, -0.2) is 26.3 Å². The lowest BCUT2D eigenvalue weighted by atomic mass is 10.1. The molecule has 0 atom stereocenters. The summed E-state index contributed by atoms with van der Waals surface area (Å²) in [5.74, 6) is 0.421. The molecule has 0 bridgehead atoms. The van der Waals surface area contributed by atoms with E-state index in [9.17, 15) is 4.79 Å². The largest absolute Gasteiger partial charge is 0.395 e. The van der Waals surface area contributed by atoms with Gasteiger partial charge in [-0.05, 0) is 12.3 Å². The number of nitrogen functional groups attached to an aromatic ring is 1. The minimum atomic E-state index is -0.366. The number of hydrogen-bond donors (Lipinski definition) is 4. The van der Waals surface area contributed by atoms with Gasteiger partial charge in [0, 0.05) is 11.8 Å². The van der Waals surface area contributed by atoms with Gasteiger partial charge in [0.05, 0.1) is 11.4 Å². The summed E-state index contributed by atoms with van der Waals surface area (Å²) in [6.45, 7) is 6.02. The molecule has 0 unspecified atom stereocenters. The van der Waals surface area contributed by atoms with E-state index in [1.54, 1.807) is 6.07 Å². The molecule has 0 aliphatic heterocycles. The molecular formula is C12H18N6O. The third-order valence-corrected chi connectivity index (χ3v) is 2.91. The number of nitrogens with one attached hydrogen (secondary N) is 3. The zero-order valence-corrected chi connectivity index (χ0v) is 11.2. The zero-order valence-electron chi connectivity index (χ0n) is 11.2. The van der Waals surface area contributed by atoms with Gasteiger partial charge in [0.2, 0.25) is 0 Å². The summed E-state index contributed by atoms with van der Waals surface area (Å²) < 4.78 is 0. The molecule has 2 heterocycles. The van der Waals surface area contributed by atoms with E-state index in [4.69, 9.17) is 5.73 Å². The average Bonchev–Trinajstić information content (AvgIpc) is 2.95. The predicted molar refractivity (Wildman–Crippen MR) is 73.0 cm³/mol. The molecule has 0 saturated heterocycles. The number of carbonyl (C=O) groups is 1. The molecule has 2 aromatic rings. The highest BCUT2D eigenvalue weighted by Crippen LogP contribution is 2.18. The minimum absolute atomic E-state index is 0.200. The maximum Gasteiger partial charge on any atom is 0.279 e. The number of hydrogen-bond acceptors (Lipinski definition) is 4. The van der Waals surface area contributed by atoms with E-state index in [1.165, 1.54) is 0 Å². The number of aryl methyl sites for hydroxylation is 1. The van der Waals surface area contributed by atoms with E-state index in [-0.39, 0.29) is 11.6 Å². The number of carbonyl (C=O) groups excluding carboxylic acids is 1. The van der Waals surface area contributed by atoms with Crippen molar-refractivity contribution in [3.05, 3.63) is 23.1 Å². The molecular weight excluding hydrogens is 244 g/mol. The van der Waals surface area contributed by atoms with Gasteiger partial charge in [0.25, 0.3) is 5.91 Å². The van der Waals surface area contributed by atoms with Crippen molar-refractivity contribution >= 4 is 17.4 Å². The number of rotatable bonds is 4. The molecule has 1 amide bonds. The van der Waals surface area contributed by atoms with Crippen molar-refractivity contribution in [2.45, 2.75) is 33.1 Å². The normalized spacial score (nSPS) is 10.9. The smallest absolute Gasteiger partial charge is 0.279 e. The quantitative estimate of drug-likeness (QED) is 0.671. The lowest BCUT2D eigenvalue weighted by Gasteiger charge is -2.00. The number of amides is 1. The lowest BCUT2D eigenvalue weighted by Crippen LogP contribution is -2.14. The van der Waals surface area contributed by atoms with Gasteiger partial charge in [-0.2, -0.15) is 10.2 Å². The molecule has 0 saturated carbocycles. The summed E-state index contributed by atoms with van der Waals surface area (Å²) in [5, 5.41) is 16.2. The van der Waals surface area contributed by atoms with Crippen LogP contribution in [0.15, 0.2) is 6.07 Å². The van der Waals surface area contributed by atoms with Gasteiger partial charge >= 0.3 is 0 Å². The number of anilines is 2. The SMILES string of the molecule is CCc1[nH]nc(C(=O)Nc2cc(C(C)C)[nH]n2)c1N. The van der Waals surface area contributed by atoms with Crippen molar-refractivity contribution in [3.8, 4) is 0 Å². The van der Waals surface area contributed by atoms with Crippen molar-refractivity contribution in [1.82, 2.24) is 20.4 Å². The zero-order chi connectivity index (χ0) is 14.0. The van der Waals surface area contributed by atoms with Gasteiger partial charge in [-0.15, -0.1) is 0 Å². The van der Waals surface area contributed by atoms with Gasteiger partial charge in [-0.1, -0.05) is 20.8 Å². The third kappa shape index (κ3) is 2.59. The van der Waals surface area contributed by atoms with Gasteiger partial charge in [-0.3, -0.25) is 15.0 Å². The van der Waals surface area contributed by atoms with Crippen molar-refractivity contribution < 1.29 is 4.79 Å². The van der Waals surface area contributed by atoms with Gasteiger partial charge in [0.15, 0.2) is 11.5 Å². The van der Waals surface area contributed by atoms with Crippen molar-refractivity contribution in [3.63, 3.8) is 0 Å². The summed E-state index contributed by atoms with van der Waals surface area (Å²) >= 11 is 0. The fraction of sp³-hybridized carbons (Fsp3) is 0.417. The Labute approximate surface area is 111 Å². The van der Waals surface area contributed by atoms with Crippen LogP contribution in [-0.2, 0) is 6.42 Å². The van der Waals surface area contributed by atoms with Crippen molar-refractivity contribution in [1.29, 1.82) is 0 Å². The summed E-state index contributed by atoms with van der Waals surface area (Å²) in [7, 11) is 0. The molecule has 0 radical (unpaired) electrons. The molecule has 7 heteroatoms. The second kappa shape index (κ2) is 5.13. The maximum atomic E-state index is 12.0. The summed E-state index contributed by atoms with van der Waals surface area (Å²) in [5.41, 5.74) is 8.14. The summed E-state index contributed by atoms with van der Waals surface area (Å²) in [6.07, 6.45) is 0.700. The lowest BCUT2D eigenvalue weighted by molar-refractivity contribution is 0.102. The first-order valence-electron chi connectivity index (χ1n) is 6.22. The number of nitrogens with zero attached hydrogens (tertiary/aromatic N) is 2. The van der Waals surface area contributed by atoms with E-state index in [2.05, 4.69) is 25.7 Å². The predicted octanol–water partition coefficient (Wildman–Crippen LogP) is 1.65. The minimum Gasteiger partial charge on any atom is -0.395 e. The van der Waals surface area contributed by atoms with Crippen LogP contribution >= 0.6 is 0 Å². The van der Waals surface area contributed by atoms with Crippen LogP contribution in [0, 0.1) is 0 Å². The van der Waals surface area contributed by atoms with Gasteiger partial charge < -0.3 is 11.1 Å².